The van der Waals surface area contributed by atoms with E-state index in [2.05, 4.69) is 0 Å². The molecule has 0 N–H and O–H groups in total. The van der Waals surface area contributed by atoms with Gasteiger partial charge < -0.3 is 0 Å². The molecule has 1 aromatic rings. The molecule has 0 unspecified atom stereocenters. The van der Waals surface area contributed by atoms with E-state index in [0.717, 1.165) is 18.2 Å². The molecule has 4 heteroatoms. The molecule has 15 heavy (non-hydrogen) atoms. The lowest BCUT2D eigenvalue weighted by Crippen LogP contribution is -2.08. The molecule has 80 valence electrons. The zero-order chi connectivity index (χ0) is 11.4. The van der Waals surface area contributed by atoms with E-state index in [4.69, 9.17) is 0 Å². The monoisotopic (exact) mass is 212 g/mol. The van der Waals surface area contributed by atoms with Crippen molar-refractivity contribution in [2.45, 2.75) is 19.8 Å². The quantitative estimate of drug-likeness (QED) is 0.716. The molecule has 0 amide bonds. The van der Waals surface area contributed by atoms with Crippen LogP contribution in [0, 0.1) is 11.6 Å². The van der Waals surface area contributed by atoms with Gasteiger partial charge >= 0.3 is 0 Å². The van der Waals surface area contributed by atoms with Crippen molar-refractivity contribution in [1.82, 2.24) is 0 Å². The van der Waals surface area contributed by atoms with Crippen LogP contribution in [0.25, 0.3) is 0 Å². The van der Waals surface area contributed by atoms with Crippen molar-refractivity contribution in [3.05, 3.63) is 35.4 Å². The lowest BCUT2D eigenvalue weighted by Gasteiger charge is -2.01. The van der Waals surface area contributed by atoms with Gasteiger partial charge in [0.1, 0.15) is 23.2 Å². The highest BCUT2D eigenvalue weighted by atomic mass is 19.1. The van der Waals surface area contributed by atoms with E-state index < -0.39 is 17.4 Å². The maximum atomic E-state index is 13.1. The summed E-state index contributed by atoms with van der Waals surface area (Å²) in [6.07, 6.45) is -0.487. The minimum Gasteiger partial charge on any atom is -0.300 e. The van der Waals surface area contributed by atoms with Crippen molar-refractivity contribution in [3.8, 4) is 0 Å². The van der Waals surface area contributed by atoms with Crippen molar-refractivity contribution in [3.63, 3.8) is 0 Å². The zero-order valence-electron chi connectivity index (χ0n) is 8.22. The third kappa shape index (κ3) is 3.58. The van der Waals surface area contributed by atoms with Crippen LogP contribution < -0.4 is 0 Å². The number of hydrogen-bond donors (Lipinski definition) is 0. The maximum Gasteiger partial charge on any atom is 0.144 e. The van der Waals surface area contributed by atoms with E-state index in [9.17, 15) is 18.4 Å². The van der Waals surface area contributed by atoms with E-state index in [1.807, 2.05) is 0 Å². The first kappa shape index (κ1) is 11.5. The van der Waals surface area contributed by atoms with Gasteiger partial charge in [-0.2, -0.15) is 0 Å². The summed E-state index contributed by atoms with van der Waals surface area (Å²) in [5.74, 6) is -1.92. The van der Waals surface area contributed by atoms with Crippen LogP contribution in [0.3, 0.4) is 0 Å². The molecule has 2 nitrogen and oxygen atoms in total. The van der Waals surface area contributed by atoms with Gasteiger partial charge in [0.05, 0.1) is 6.42 Å². The molecule has 0 saturated heterocycles. The lowest BCUT2D eigenvalue weighted by atomic mass is 10.1. The Kier molecular flexibility index (Phi) is 3.66. The minimum absolute atomic E-state index is 0.0127. The highest BCUT2D eigenvalue weighted by Crippen LogP contribution is 2.11. The molecular weight excluding hydrogens is 202 g/mol. The number of hydrogen-bond acceptors (Lipinski definition) is 2. The average molecular weight is 212 g/mol. The van der Waals surface area contributed by atoms with Crippen LogP contribution in [-0.2, 0) is 16.0 Å². The Hall–Kier alpha value is -1.58. The highest BCUT2D eigenvalue weighted by Gasteiger charge is 2.10. The standard InChI is InChI=1S/C11H10F2O2/c1-7(14)4-10(15)6-8-5-9(12)2-3-11(8)13/h2-3,5H,4,6H2,1H3. The Labute approximate surface area is 85.9 Å². The molecule has 0 aliphatic heterocycles. The molecule has 0 saturated carbocycles. The molecule has 0 spiro atoms. The predicted molar refractivity (Wildman–Crippen MR) is 50.4 cm³/mol. The fraction of sp³-hybridized carbons (Fsp3) is 0.273. The molecule has 1 rings (SSSR count). The number of halogens is 2. The van der Waals surface area contributed by atoms with E-state index >= 15 is 0 Å². The smallest absolute Gasteiger partial charge is 0.144 e. The van der Waals surface area contributed by atoms with Crippen LogP contribution in [0.4, 0.5) is 8.78 Å². The second kappa shape index (κ2) is 4.77. The van der Waals surface area contributed by atoms with Crippen LogP contribution in [-0.4, -0.2) is 11.6 Å². The normalized spacial score (nSPS) is 10.1. The summed E-state index contributed by atoms with van der Waals surface area (Å²) in [5, 5.41) is 0. The molecule has 0 aliphatic rings. The van der Waals surface area contributed by atoms with E-state index in [1.54, 1.807) is 0 Å². The minimum atomic E-state index is -0.631. The Bertz CT molecular complexity index is 400. The van der Waals surface area contributed by atoms with Gasteiger partial charge in [-0.1, -0.05) is 0 Å². The molecule has 0 atom stereocenters. The SMILES string of the molecule is CC(=O)CC(=O)Cc1cc(F)ccc1F. The summed E-state index contributed by atoms with van der Waals surface area (Å²) in [7, 11) is 0. The fourth-order valence-electron chi connectivity index (χ4n) is 1.23. The van der Waals surface area contributed by atoms with Crippen LogP contribution in [0.1, 0.15) is 18.9 Å². The van der Waals surface area contributed by atoms with Crippen LogP contribution >= 0.6 is 0 Å². The van der Waals surface area contributed by atoms with Crippen molar-refractivity contribution >= 4 is 11.6 Å². The van der Waals surface area contributed by atoms with Crippen LogP contribution in [0.5, 0.6) is 0 Å². The van der Waals surface area contributed by atoms with E-state index in [1.165, 1.54) is 6.92 Å². The fourth-order valence-corrected chi connectivity index (χ4v) is 1.23. The predicted octanol–water partition coefficient (Wildman–Crippen LogP) is 2.06. The summed E-state index contributed by atoms with van der Waals surface area (Å²) in [6.45, 7) is 1.28. The highest BCUT2D eigenvalue weighted by molar-refractivity contribution is 5.98. The second-order valence-corrected chi connectivity index (χ2v) is 3.33. The second-order valence-electron chi connectivity index (χ2n) is 3.33. The largest absolute Gasteiger partial charge is 0.300 e. The van der Waals surface area contributed by atoms with Crippen LogP contribution in [0.15, 0.2) is 18.2 Å². The van der Waals surface area contributed by atoms with Crippen molar-refractivity contribution in [1.29, 1.82) is 0 Å². The molecular formula is C11H10F2O2. The first-order chi connectivity index (χ1) is 6.99. The van der Waals surface area contributed by atoms with Gasteiger partial charge in [-0.25, -0.2) is 8.78 Å². The third-order valence-electron chi connectivity index (χ3n) is 1.84. The summed E-state index contributed by atoms with van der Waals surface area (Å²) >= 11 is 0. The van der Waals surface area contributed by atoms with Crippen molar-refractivity contribution in [2.75, 3.05) is 0 Å². The van der Waals surface area contributed by atoms with Gasteiger partial charge in [-0.05, 0) is 30.7 Å². The number of benzene rings is 1. The molecule has 0 fully saturated rings. The first-order valence-corrected chi connectivity index (χ1v) is 4.44. The van der Waals surface area contributed by atoms with Gasteiger partial charge in [-0.15, -0.1) is 0 Å². The topological polar surface area (TPSA) is 34.1 Å². The maximum absolute atomic E-state index is 13.1. The average Bonchev–Trinajstić information content (AvgIpc) is 2.10. The van der Waals surface area contributed by atoms with Gasteiger partial charge in [0, 0.05) is 6.42 Å². The third-order valence-corrected chi connectivity index (χ3v) is 1.84. The summed E-state index contributed by atoms with van der Waals surface area (Å²) in [4.78, 5) is 21.8. The van der Waals surface area contributed by atoms with Gasteiger partial charge in [-0.3, -0.25) is 9.59 Å². The summed E-state index contributed by atoms with van der Waals surface area (Å²) < 4.78 is 25.8. The Balaban J connectivity index is 2.76. The first-order valence-electron chi connectivity index (χ1n) is 4.44. The summed E-state index contributed by atoms with van der Waals surface area (Å²) in [5.41, 5.74) is -0.0127. The Morgan fingerprint density at radius 3 is 2.53 bits per heavy atom. The molecule has 0 heterocycles. The molecule has 0 aliphatic carbocycles. The lowest BCUT2D eigenvalue weighted by molar-refractivity contribution is -0.125. The number of rotatable bonds is 4. The van der Waals surface area contributed by atoms with Gasteiger partial charge in [0.15, 0.2) is 0 Å². The number of carbonyl (C=O) groups excluding carboxylic acids is 2. The number of Topliss-reactive ketones (excluding diaryl/α,β-unsaturated/α-hetero) is 2. The Morgan fingerprint density at radius 1 is 1.27 bits per heavy atom. The summed E-state index contributed by atoms with van der Waals surface area (Å²) in [6, 6.07) is 2.91. The van der Waals surface area contributed by atoms with Gasteiger partial charge in [0.25, 0.3) is 0 Å². The van der Waals surface area contributed by atoms with Crippen LogP contribution in [0.2, 0.25) is 0 Å². The molecule has 0 radical (unpaired) electrons. The van der Waals surface area contributed by atoms with Gasteiger partial charge in [0.2, 0.25) is 0 Å². The zero-order valence-corrected chi connectivity index (χ0v) is 8.22. The number of carbonyl (C=O) groups is 2. The molecule has 1 aromatic carbocycles. The molecule has 0 aromatic heterocycles. The van der Waals surface area contributed by atoms with Crippen molar-refractivity contribution in [2.24, 2.45) is 0 Å². The van der Waals surface area contributed by atoms with Crippen molar-refractivity contribution < 1.29 is 18.4 Å². The molecule has 0 bridgehead atoms. The Morgan fingerprint density at radius 2 is 1.93 bits per heavy atom. The van der Waals surface area contributed by atoms with E-state index in [-0.39, 0.29) is 24.2 Å². The number of ketones is 2. The van der Waals surface area contributed by atoms with E-state index in [0.29, 0.717) is 0 Å².